The second-order valence-electron chi connectivity index (χ2n) is 5.79. The number of carbonyl (C=O) groups is 1. The van der Waals surface area contributed by atoms with Crippen LogP contribution < -0.4 is 10.5 Å². The normalized spacial score (nSPS) is 17.3. The van der Waals surface area contributed by atoms with Gasteiger partial charge in [-0.2, -0.15) is 0 Å². The van der Waals surface area contributed by atoms with Crippen molar-refractivity contribution < 1.29 is 9.53 Å². The van der Waals surface area contributed by atoms with Crippen molar-refractivity contribution in [3.05, 3.63) is 52.5 Å². The average molecular weight is 324 g/mol. The smallest absolute Gasteiger partial charge is 0.167 e. The van der Waals surface area contributed by atoms with E-state index in [-0.39, 0.29) is 11.7 Å². The first-order valence-corrected chi connectivity index (χ1v) is 8.38. The van der Waals surface area contributed by atoms with Crippen LogP contribution >= 0.6 is 11.3 Å². The Morgan fingerprint density at radius 3 is 2.74 bits per heavy atom. The molecule has 5 heteroatoms. The molecule has 0 saturated heterocycles. The van der Waals surface area contributed by atoms with Gasteiger partial charge in [-0.1, -0.05) is 12.1 Å². The van der Waals surface area contributed by atoms with Crippen molar-refractivity contribution in [2.24, 2.45) is 0 Å². The van der Waals surface area contributed by atoms with Crippen molar-refractivity contribution in [1.82, 2.24) is 4.98 Å². The van der Waals surface area contributed by atoms with Crippen LogP contribution in [0.15, 0.2) is 35.7 Å². The molecule has 1 aromatic carbocycles. The highest BCUT2D eigenvalue weighted by Gasteiger charge is 2.30. The maximum Gasteiger partial charge on any atom is 0.167 e. The van der Waals surface area contributed by atoms with Gasteiger partial charge < -0.3 is 10.5 Å². The molecule has 0 radical (unpaired) electrons. The fourth-order valence-corrected chi connectivity index (χ4v) is 4.06. The first kappa shape index (κ1) is 14.2. The van der Waals surface area contributed by atoms with E-state index in [1.807, 2.05) is 35.7 Å². The van der Waals surface area contributed by atoms with E-state index in [9.17, 15) is 4.79 Å². The van der Waals surface area contributed by atoms with Crippen LogP contribution in [0.1, 0.15) is 34.0 Å². The number of Topliss-reactive ketones (excluding diaryl/α,β-unsaturated/α-hetero) is 1. The highest BCUT2D eigenvalue weighted by molar-refractivity contribution is 7.16. The predicted molar refractivity (Wildman–Crippen MR) is 92.4 cm³/mol. The standard InChI is InChI=1S/C18H16N2O2S/c1-22-12-4-2-10(3-5-12)11-8-14-16(15(21)9-11)17(19)13-6-7-23-18(13)20-14/h2-7,11H,8-9H2,1H3,(H2,19,20). The summed E-state index contributed by atoms with van der Waals surface area (Å²) >= 11 is 1.56. The van der Waals surface area contributed by atoms with E-state index in [1.165, 1.54) is 0 Å². The minimum absolute atomic E-state index is 0.0881. The zero-order chi connectivity index (χ0) is 16.0. The van der Waals surface area contributed by atoms with E-state index in [0.717, 1.165) is 33.6 Å². The number of pyridine rings is 1. The molecule has 0 fully saturated rings. The molecule has 1 unspecified atom stereocenters. The Hall–Kier alpha value is -2.40. The molecule has 0 bridgehead atoms. The number of thiophene rings is 1. The number of ketones is 1. The number of anilines is 1. The van der Waals surface area contributed by atoms with E-state index in [2.05, 4.69) is 4.98 Å². The summed E-state index contributed by atoms with van der Waals surface area (Å²) in [6.07, 6.45) is 1.21. The molecule has 3 aromatic rings. The van der Waals surface area contributed by atoms with Gasteiger partial charge in [0.2, 0.25) is 0 Å². The molecule has 0 amide bonds. The van der Waals surface area contributed by atoms with Crippen LogP contribution in [0.25, 0.3) is 10.2 Å². The summed E-state index contributed by atoms with van der Waals surface area (Å²) in [7, 11) is 1.65. The zero-order valence-electron chi connectivity index (χ0n) is 12.7. The van der Waals surface area contributed by atoms with Crippen LogP contribution in [0.3, 0.4) is 0 Å². The number of nitrogens with two attached hydrogens (primary N) is 1. The molecule has 4 nitrogen and oxygen atoms in total. The molecule has 0 aliphatic heterocycles. The van der Waals surface area contributed by atoms with Crippen LogP contribution in [0, 0.1) is 0 Å². The van der Waals surface area contributed by atoms with Crippen molar-refractivity contribution in [2.75, 3.05) is 12.8 Å². The summed E-state index contributed by atoms with van der Waals surface area (Å²) in [4.78, 5) is 18.2. The molecule has 23 heavy (non-hydrogen) atoms. The predicted octanol–water partition coefficient (Wildman–Crippen LogP) is 3.80. The van der Waals surface area contributed by atoms with Gasteiger partial charge in [-0.15, -0.1) is 11.3 Å². The van der Waals surface area contributed by atoms with E-state index in [4.69, 9.17) is 10.5 Å². The molecule has 2 heterocycles. The van der Waals surface area contributed by atoms with Gasteiger partial charge in [0.1, 0.15) is 10.6 Å². The maximum absolute atomic E-state index is 12.6. The number of methoxy groups -OCH3 is 1. The lowest BCUT2D eigenvalue weighted by atomic mass is 9.81. The average Bonchev–Trinajstić information content (AvgIpc) is 3.03. The van der Waals surface area contributed by atoms with Gasteiger partial charge in [0.15, 0.2) is 5.78 Å². The maximum atomic E-state index is 12.6. The molecule has 116 valence electrons. The third-order valence-corrected chi connectivity index (χ3v) is 5.27. The Labute approximate surface area is 137 Å². The van der Waals surface area contributed by atoms with Crippen molar-refractivity contribution >= 4 is 33.0 Å². The third kappa shape index (κ3) is 2.28. The molecule has 1 aliphatic carbocycles. The molecule has 1 atom stereocenters. The Balaban J connectivity index is 1.76. The molecular weight excluding hydrogens is 308 g/mol. The summed E-state index contributed by atoms with van der Waals surface area (Å²) in [6, 6.07) is 9.84. The van der Waals surface area contributed by atoms with Crippen molar-refractivity contribution in [2.45, 2.75) is 18.8 Å². The summed E-state index contributed by atoms with van der Waals surface area (Å²) < 4.78 is 5.19. The summed E-state index contributed by atoms with van der Waals surface area (Å²) in [5.41, 5.74) is 9.40. The number of nitrogens with zero attached hydrogens (tertiary/aromatic N) is 1. The molecule has 0 saturated carbocycles. The second kappa shape index (κ2) is 5.35. The number of ether oxygens (including phenoxy) is 1. The number of hydrogen-bond acceptors (Lipinski definition) is 5. The quantitative estimate of drug-likeness (QED) is 0.778. The molecule has 0 spiro atoms. The van der Waals surface area contributed by atoms with Gasteiger partial charge in [-0.3, -0.25) is 4.79 Å². The highest BCUT2D eigenvalue weighted by Crippen LogP contribution is 2.38. The SMILES string of the molecule is COc1ccc(C2CC(=O)c3c(nc4sccc4c3N)C2)cc1. The van der Waals surface area contributed by atoms with E-state index >= 15 is 0 Å². The largest absolute Gasteiger partial charge is 0.497 e. The minimum atomic E-state index is 0.0881. The molecule has 1 aliphatic rings. The molecular formula is C18H16N2O2S. The molecule has 4 rings (SSSR count). The number of rotatable bonds is 2. The number of hydrogen-bond donors (Lipinski definition) is 1. The Bertz CT molecular complexity index is 899. The lowest BCUT2D eigenvalue weighted by molar-refractivity contribution is 0.0964. The van der Waals surface area contributed by atoms with Crippen molar-refractivity contribution in [1.29, 1.82) is 0 Å². The molecule has 2 aromatic heterocycles. The monoisotopic (exact) mass is 324 g/mol. The van der Waals surface area contributed by atoms with Crippen LogP contribution in [-0.2, 0) is 6.42 Å². The molecule has 2 N–H and O–H groups in total. The fourth-order valence-electron chi connectivity index (χ4n) is 3.26. The lowest BCUT2D eigenvalue weighted by Crippen LogP contribution is -2.21. The topological polar surface area (TPSA) is 65.2 Å². The summed E-state index contributed by atoms with van der Waals surface area (Å²) in [6.45, 7) is 0. The number of fused-ring (bicyclic) bond motifs is 2. The van der Waals surface area contributed by atoms with E-state index in [0.29, 0.717) is 17.7 Å². The lowest BCUT2D eigenvalue weighted by Gasteiger charge is -2.24. The van der Waals surface area contributed by atoms with Crippen LogP contribution in [0.5, 0.6) is 5.75 Å². The van der Waals surface area contributed by atoms with E-state index in [1.54, 1.807) is 18.4 Å². The Morgan fingerprint density at radius 1 is 1.22 bits per heavy atom. The van der Waals surface area contributed by atoms with Crippen LogP contribution in [0.4, 0.5) is 5.69 Å². The number of carbonyl (C=O) groups excluding carboxylic acids is 1. The zero-order valence-corrected chi connectivity index (χ0v) is 13.5. The van der Waals surface area contributed by atoms with Crippen molar-refractivity contribution in [3.63, 3.8) is 0 Å². The van der Waals surface area contributed by atoms with E-state index < -0.39 is 0 Å². The fraction of sp³-hybridized carbons (Fsp3) is 0.222. The van der Waals surface area contributed by atoms with Gasteiger partial charge in [-0.05, 0) is 41.5 Å². The number of aromatic nitrogens is 1. The second-order valence-corrected chi connectivity index (χ2v) is 6.68. The minimum Gasteiger partial charge on any atom is -0.497 e. The van der Waals surface area contributed by atoms with Gasteiger partial charge in [-0.25, -0.2) is 4.98 Å². The number of benzene rings is 1. The summed E-state index contributed by atoms with van der Waals surface area (Å²) in [5.74, 6) is 1.05. The van der Waals surface area contributed by atoms with Gasteiger partial charge in [0.25, 0.3) is 0 Å². The van der Waals surface area contributed by atoms with Gasteiger partial charge >= 0.3 is 0 Å². The Kier molecular flexibility index (Phi) is 3.31. The number of nitrogen functional groups attached to an aromatic ring is 1. The van der Waals surface area contributed by atoms with Gasteiger partial charge in [0.05, 0.1) is 24.1 Å². The summed E-state index contributed by atoms with van der Waals surface area (Å²) in [5, 5.41) is 2.86. The first-order valence-electron chi connectivity index (χ1n) is 7.50. The Morgan fingerprint density at radius 2 is 2.00 bits per heavy atom. The highest BCUT2D eigenvalue weighted by atomic mass is 32.1. The van der Waals surface area contributed by atoms with Crippen molar-refractivity contribution in [3.8, 4) is 5.75 Å². The van der Waals surface area contributed by atoms with Gasteiger partial charge in [0, 0.05) is 11.8 Å². The van der Waals surface area contributed by atoms with Crippen LogP contribution in [-0.4, -0.2) is 17.9 Å². The third-order valence-electron chi connectivity index (χ3n) is 4.47. The first-order chi connectivity index (χ1) is 11.2. The van der Waals surface area contributed by atoms with Crippen LogP contribution in [0.2, 0.25) is 0 Å².